The zero-order valence-corrected chi connectivity index (χ0v) is 13.9. The third-order valence-corrected chi connectivity index (χ3v) is 3.91. The van der Waals surface area contributed by atoms with Crippen LogP contribution in [-0.4, -0.2) is 17.4 Å². The van der Waals surface area contributed by atoms with E-state index >= 15 is 0 Å². The minimum absolute atomic E-state index is 0.0142. The highest BCUT2D eigenvalue weighted by atomic mass is 16.4. The molecule has 0 saturated carbocycles. The maximum absolute atomic E-state index is 12.9. The SMILES string of the molecule is Cc1nc(CCN(C(=O)c2ccccc2)c2ccccc2)c(C)o1. The number of rotatable bonds is 5. The number of aromatic nitrogens is 1. The second-order valence-electron chi connectivity index (χ2n) is 5.64. The molecule has 0 radical (unpaired) electrons. The van der Waals surface area contributed by atoms with E-state index in [9.17, 15) is 4.79 Å². The maximum Gasteiger partial charge on any atom is 0.258 e. The summed E-state index contributed by atoms with van der Waals surface area (Å²) in [6.07, 6.45) is 0.649. The maximum atomic E-state index is 12.9. The van der Waals surface area contributed by atoms with Crippen LogP contribution in [-0.2, 0) is 6.42 Å². The van der Waals surface area contributed by atoms with Crippen LogP contribution in [0.2, 0.25) is 0 Å². The molecule has 0 bridgehead atoms. The standard InChI is InChI=1S/C20H20N2O2/c1-15-19(21-16(2)24-15)13-14-22(18-11-7-4-8-12-18)20(23)17-9-5-3-6-10-17/h3-12H,13-14H2,1-2H3. The number of carbonyl (C=O) groups excluding carboxylic acids is 1. The molecule has 2 aromatic carbocycles. The van der Waals surface area contributed by atoms with Gasteiger partial charge in [0.05, 0.1) is 5.69 Å². The lowest BCUT2D eigenvalue weighted by Gasteiger charge is -2.22. The van der Waals surface area contributed by atoms with Crippen LogP contribution in [0.25, 0.3) is 0 Å². The number of anilines is 1. The highest BCUT2D eigenvalue weighted by Crippen LogP contribution is 2.18. The van der Waals surface area contributed by atoms with Crippen LogP contribution >= 0.6 is 0 Å². The van der Waals surface area contributed by atoms with E-state index in [1.165, 1.54) is 0 Å². The van der Waals surface area contributed by atoms with Crippen molar-refractivity contribution in [2.45, 2.75) is 20.3 Å². The Morgan fingerprint density at radius 1 is 1.00 bits per heavy atom. The van der Waals surface area contributed by atoms with Crippen LogP contribution < -0.4 is 4.90 Å². The Morgan fingerprint density at radius 3 is 2.21 bits per heavy atom. The first-order valence-electron chi connectivity index (χ1n) is 8.00. The van der Waals surface area contributed by atoms with Crippen molar-refractivity contribution in [3.63, 3.8) is 0 Å². The van der Waals surface area contributed by atoms with E-state index in [1.54, 1.807) is 4.90 Å². The summed E-state index contributed by atoms with van der Waals surface area (Å²) >= 11 is 0. The summed E-state index contributed by atoms with van der Waals surface area (Å²) < 4.78 is 5.48. The minimum Gasteiger partial charge on any atom is -0.446 e. The van der Waals surface area contributed by atoms with Crippen LogP contribution in [0, 0.1) is 13.8 Å². The van der Waals surface area contributed by atoms with Crippen molar-refractivity contribution in [1.82, 2.24) is 4.98 Å². The third kappa shape index (κ3) is 3.54. The summed E-state index contributed by atoms with van der Waals surface area (Å²) in [6.45, 7) is 4.28. The zero-order valence-electron chi connectivity index (χ0n) is 13.9. The van der Waals surface area contributed by atoms with E-state index in [2.05, 4.69) is 4.98 Å². The van der Waals surface area contributed by atoms with Gasteiger partial charge in [-0.3, -0.25) is 4.79 Å². The van der Waals surface area contributed by atoms with Crippen molar-refractivity contribution in [3.05, 3.63) is 83.6 Å². The van der Waals surface area contributed by atoms with Gasteiger partial charge in [-0.15, -0.1) is 0 Å². The Labute approximate surface area is 141 Å². The molecule has 0 fully saturated rings. The fourth-order valence-electron chi connectivity index (χ4n) is 2.71. The topological polar surface area (TPSA) is 46.3 Å². The van der Waals surface area contributed by atoms with Gasteiger partial charge in [0, 0.05) is 31.1 Å². The molecule has 24 heavy (non-hydrogen) atoms. The highest BCUT2D eigenvalue weighted by Gasteiger charge is 2.18. The van der Waals surface area contributed by atoms with Crippen molar-refractivity contribution < 1.29 is 9.21 Å². The summed E-state index contributed by atoms with van der Waals surface area (Å²) in [5, 5.41) is 0. The Kier molecular flexibility index (Phi) is 4.75. The zero-order chi connectivity index (χ0) is 16.9. The normalized spacial score (nSPS) is 10.6. The molecule has 0 aliphatic heterocycles. The van der Waals surface area contributed by atoms with Gasteiger partial charge < -0.3 is 9.32 Å². The number of amides is 1. The second kappa shape index (κ2) is 7.13. The summed E-state index contributed by atoms with van der Waals surface area (Å²) in [4.78, 5) is 19.1. The minimum atomic E-state index is -0.0142. The molecule has 0 spiro atoms. The van der Waals surface area contributed by atoms with E-state index in [0.29, 0.717) is 24.4 Å². The molecular formula is C20H20N2O2. The van der Waals surface area contributed by atoms with Gasteiger partial charge in [-0.2, -0.15) is 0 Å². The summed E-state index contributed by atoms with van der Waals surface area (Å²) in [7, 11) is 0. The third-order valence-electron chi connectivity index (χ3n) is 3.91. The number of hydrogen-bond donors (Lipinski definition) is 0. The van der Waals surface area contributed by atoms with E-state index in [0.717, 1.165) is 17.1 Å². The van der Waals surface area contributed by atoms with E-state index < -0.39 is 0 Å². The Bertz CT molecular complexity index is 810. The number of nitrogens with zero attached hydrogens (tertiary/aromatic N) is 2. The van der Waals surface area contributed by atoms with Crippen molar-refractivity contribution in [3.8, 4) is 0 Å². The van der Waals surface area contributed by atoms with Gasteiger partial charge in [-0.05, 0) is 31.2 Å². The molecule has 122 valence electrons. The van der Waals surface area contributed by atoms with E-state index in [1.807, 2.05) is 74.5 Å². The van der Waals surface area contributed by atoms with Crippen LogP contribution in [0.1, 0.15) is 27.7 Å². The summed E-state index contributed by atoms with van der Waals surface area (Å²) in [5.41, 5.74) is 2.45. The van der Waals surface area contributed by atoms with Gasteiger partial charge in [0.2, 0.25) is 0 Å². The number of para-hydroxylation sites is 1. The van der Waals surface area contributed by atoms with Crippen LogP contribution in [0.15, 0.2) is 65.1 Å². The van der Waals surface area contributed by atoms with Gasteiger partial charge in [0.25, 0.3) is 5.91 Å². The molecule has 3 rings (SSSR count). The van der Waals surface area contributed by atoms with Crippen LogP contribution in [0.4, 0.5) is 5.69 Å². The van der Waals surface area contributed by atoms with Crippen LogP contribution in [0.5, 0.6) is 0 Å². The lowest BCUT2D eigenvalue weighted by molar-refractivity contribution is 0.0987. The molecule has 4 nitrogen and oxygen atoms in total. The largest absolute Gasteiger partial charge is 0.446 e. The van der Waals surface area contributed by atoms with Gasteiger partial charge in [-0.25, -0.2) is 4.98 Å². The molecule has 4 heteroatoms. The molecule has 0 N–H and O–H groups in total. The molecule has 0 aliphatic rings. The average Bonchev–Trinajstić information content (AvgIpc) is 2.94. The molecule has 0 unspecified atom stereocenters. The molecule has 1 aromatic heterocycles. The fraction of sp³-hybridized carbons (Fsp3) is 0.200. The highest BCUT2D eigenvalue weighted by molar-refractivity contribution is 6.06. The van der Waals surface area contributed by atoms with Crippen molar-refractivity contribution in [1.29, 1.82) is 0 Å². The smallest absolute Gasteiger partial charge is 0.258 e. The number of hydrogen-bond acceptors (Lipinski definition) is 3. The van der Waals surface area contributed by atoms with Crippen molar-refractivity contribution in [2.24, 2.45) is 0 Å². The Balaban J connectivity index is 1.85. The monoisotopic (exact) mass is 320 g/mol. The molecule has 0 atom stereocenters. The van der Waals surface area contributed by atoms with Gasteiger partial charge in [-0.1, -0.05) is 36.4 Å². The van der Waals surface area contributed by atoms with Gasteiger partial charge in [0.15, 0.2) is 5.89 Å². The van der Waals surface area contributed by atoms with E-state index in [4.69, 9.17) is 4.42 Å². The quantitative estimate of drug-likeness (QED) is 0.708. The predicted octanol–water partition coefficient (Wildman–Crippen LogP) is 4.18. The first kappa shape index (κ1) is 16.0. The average molecular weight is 320 g/mol. The Hall–Kier alpha value is -2.88. The van der Waals surface area contributed by atoms with Crippen molar-refractivity contribution in [2.75, 3.05) is 11.4 Å². The van der Waals surface area contributed by atoms with Crippen molar-refractivity contribution >= 4 is 11.6 Å². The van der Waals surface area contributed by atoms with Crippen LogP contribution in [0.3, 0.4) is 0 Å². The summed E-state index contributed by atoms with van der Waals surface area (Å²) in [5.74, 6) is 1.45. The van der Waals surface area contributed by atoms with Gasteiger partial charge in [0.1, 0.15) is 5.76 Å². The molecule has 0 aliphatic carbocycles. The lowest BCUT2D eigenvalue weighted by Crippen LogP contribution is -2.33. The second-order valence-corrected chi connectivity index (χ2v) is 5.64. The molecule has 1 amide bonds. The van der Waals surface area contributed by atoms with Gasteiger partial charge >= 0.3 is 0 Å². The number of carbonyl (C=O) groups is 1. The number of aryl methyl sites for hydroxylation is 2. The predicted molar refractivity (Wildman–Crippen MR) is 94.2 cm³/mol. The Morgan fingerprint density at radius 2 is 1.62 bits per heavy atom. The fourth-order valence-corrected chi connectivity index (χ4v) is 2.71. The first-order chi connectivity index (χ1) is 11.6. The number of oxazole rings is 1. The first-order valence-corrected chi connectivity index (χ1v) is 8.00. The van der Waals surface area contributed by atoms with E-state index in [-0.39, 0.29) is 5.91 Å². The molecule has 0 saturated heterocycles. The lowest BCUT2D eigenvalue weighted by atomic mass is 10.1. The molecule has 3 aromatic rings. The summed E-state index contributed by atoms with van der Waals surface area (Å²) in [6, 6.07) is 19.0. The number of benzene rings is 2. The molecule has 1 heterocycles. The molecular weight excluding hydrogens is 300 g/mol.